The van der Waals surface area contributed by atoms with Crippen LogP contribution in [0.25, 0.3) is 0 Å². The first-order valence-electron chi connectivity index (χ1n) is 5.67. The predicted octanol–water partition coefficient (Wildman–Crippen LogP) is 0.670. The third-order valence-corrected chi connectivity index (χ3v) is 3.10. The van der Waals surface area contributed by atoms with Gasteiger partial charge in [-0.25, -0.2) is 9.78 Å². The Morgan fingerprint density at radius 3 is 2.80 bits per heavy atom. The van der Waals surface area contributed by atoms with Gasteiger partial charge in [0.2, 0.25) is 5.91 Å². The van der Waals surface area contributed by atoms with Crippen LogP contribution < -0.4 is 10.6 Å². The summed E-state index contributed by atoms with van der Waals surface area (Å²) in [4.78, 5) is 39.2. The van der Waals surface area contributed by atoms with E-state index in [-0.39, 0.29) is 41.4 Å². The highest BCUT2D eigenvalue weighted by Gasteiger charge is 2.27. The molecule has 9 heteroatoms. The number of imide groups is 1. The van der Waals surface area contributed by atoms with Crippen molar-refractivity contribution in [1.82, 2.24) is 20.5 Å². The van der Waals surface area contributed by atoms with Gasteiger partial charge in [0.1, 0.15) is 10.8 Å². The summed E-state index contributed by atoms with van der Waals surface area (Å²) in [5.41, 5.74) is -0.00336. The van der Waals surface area contributed by atoms with Crippen LogP contribution in [0.15, 0.2) is 12.1 Å². The minimum atomic E-state index is -0.524. The number of nitrogens with one attached hydrogen (secondary N) is 2. The maximum absolute atomic E-state index is 11.8. The maximum Gasteiger partial charge on any atom is 0.324 e. The first-order chi connectivity index (χ1) is 9.49. The molecule has 0 radical (unpaired) electrons. The lowest BCUT2D eigenvalue weighted by atomic mass is 10.3. The molecular formula is C11H10Cl2N4O3. The molecule has 1 aromatic heterocycles. The fourth-order valence-electron chi connectivity index (χ4n) is 1.62. The van der Waals surface area contributed by atoms with Crippen LogP contribution >= 0.6 is 23.2 Å². The van der Waals surface area contributed by atoms with E-state index in [2.05, 4.69) is 15.6 Å². The number of carbonyl (C=O) groups is 3. The lowest BCUT2D eigenvalue weighted by Crippen LogP contribution is -2.38. The molecule has 20 heavy (non-hydrogen) atoms. The second kappa shape index (κ2) is 6.06. The number of aromatic nitrogens is 1. The van der Waals surface area contributed by atoms with Crippen molar-refractivity contribution in [3.05, 3.63) is 28.0 Å². The summed E-state index contributed by atoms with van der Waals surface area (Å²) in [6.07, 6.45) is 0. The molecule has 0 bridgehead atoms. The van der Waals surface area contributed by atoms with Crippen molar-refractivity contribution >= 4 is 41.0 Å². The first-order valence-corrected chi connectivity index (χ1v) is 6.43. The quantitative estimate of drug-likeness (QED) is 0.631. The van der Waals surface area contributed by atoms with Crippen LogP contribution in [-0.2, 0) is 4.79 Å². The molecule has 7 nitrogen and oxygen atoms in total. The molecule has 1 aliphatic heterocycles. The van der Waals surface area contributed by atoms with Crippen LogP contribution in [-0.4, -0.2) is 47.4 Å². The highest BCUT2D eigenvalue weighted by molar-refractivity contribution is 6.34. The van der Waals surface area contributed by atoms with Crippen molar-refractivity contribution in [1.29, 1.82) is 0 Å². The molecular weight excluding hydrogens is 307 g/mol. The lowest BCUT2D eigenvalue weighted by molar-refractivity contribution is -0.124. The van der Waals surface area contributed by atoms with E-state index in [1.807, 2.05) is 0 Å². The number of pyridine rings is 1. The van der Waals surface area contributed by atoms with Crippen LogP contribution in [0, 0.1) is 0 Å². The zero-order valence-corrected chi connectivity index (χ0v) is 11.7. The molecule has 1 aliphatic rings. The second-order valence-corrected chi connectivity index (χ2v) is 4.72. The Balaban J connectivity index is 1.91. The largest absolute Gasteiger partial charge is 0.349 e. The average Bonchev–Trinajstić information content (AvgIpc) is 2.73. The van der Waals surface area contributed by atoms with Gasteiger partial charge in [-0.1, -0.05) is 23.2 Å². The van der Waals surface area contributed by atoms with Gasteiger partial charge >= 0.3 is 6.03 Å². The van der Waals surface area contributed by atoms with Crippen LogP contribution in [0.3, 0.4) is 0 Å². The fraction of sp³-hybridized carbons (Fsp3) is 0.273. The minimum absolute atomic E-state index is 0.00336. The van der Waals surface area contributed by atoms with Crippen molar-refractivity contribution in [2.24, 2.45) is 0 Å². The molecule has 4 amide bonds. The lowest BCUT2D eigenvalue weighted by Gasteiger charge is -2.12. The number of hydrogen-bond donors (Lipinski definition) is 2. The molecule has 2 heterocycles. The molecule has 0 spiro atoms. The van der Waals surface area contributed by atoms with Crippen molar-refractivity contribution in [3.8, 4) is 0 Å². The summed E-state index contributed by atoms with van der Waals surface area (Å²) in [6, 6.07) is 2.46. The van der Waals surface area contributed by atoms with E-state index >= 15 is 0 Å². The van der Waals surface area contributed by atoms with Crippen LogP contribution in [0.1, 0.15) is 10.5 Å². The van der Waals surface area contributed by atoms with Crippen LogP contribution in [0.4, 0.5) is 4.79 Å². The Kier molecular flexibility index (Phi) is 4.41. The normalized spacial score (nSPS) is 14.4. The van der Waals surface area contributed by atoms with E-state index in [4.69, 9.17) is 23.2 Å². The van der Waals surface area contributed by atoms with Gasteiger partial charge in [-0.05, 0) is 12.1 Å². The molecule has 1 fully saturated rings. The van der Waals surface area contributed by atoms with E-state index in [0.29, 0.717) is 0 Å². The molecule has 1 saturated heterocycles. The smallest absolute Gasteiger partial charge is 0.324 e. The summed E-state index contributed by atoms with van der Waals surface area (Å²) in [6.45, 7) is 0.158. The second-order valence-electron chi connectivity index (χ2n) is 3.92. The van der Waals surface area contributed by atoms with Gasteiger partial charge in [0, 0.05) is 13.1 Å². The molecule has 2 rings (SSSR count). The van der Waals surface area contributed by atoms with Gasteiger partial charge < -0.3 is 10.6 Å². The first kappa shape index (κ1) is 14.5. The molecule has 0 atom stereocenters. The van der Waals surface area contributed by atoms with Gasteiger partial charge in [-0.15, -0.1) is 0 Å². The van der Waals surface area contributed by atoms with Crippen molar-refractivity contribution in [2.45, 2.75) is 0 Å². The molecule has 2 N–H and O–H groups in total. The topological polar surface area (TPSA) is 91.4 Å². The monoisotopic (exact) mass is 316 g/mol. The molecule has 0 aromatic carbocycles. The molecule has 106 valence electrons. The third kappa shape index (κ3) is 3.17. The molecule has 0 saturated carbocycles. The summed E-state index contributed by atoms with van der Waals surface area (Å²) >= 11 is 11.5. The van der Waals surface area contributed by atoms with Crippen LogP contribution in [0.5, 0.6) is 0 Å². The maximum atomic E-state index is 11.8. The van der Waals surface area contributed by atoms with E-state index in [1.54, 1.807) is 0 Å². The molecule has 0 unspecified atom stereocenters. The number of rotatable bonds is 4. The molecule has 0 aliphatic carbocycles. The van der Waals surface area contributed by atoms with Crippen LogP contribution in [0.2, 0.25) is 10.2 Å². The summed E-state index contributed by atoms with van der Waals surface area (Å²) < 4.78 is 0. The summed E-state index contributed by atoms with van der Waals surface area (Å²) in [5, 5.41) is 5.21. The highest BCUT2D eigenvalue weighted by Crippen LogP contribution is 2.16. The molecule has 1 aromatic rings. The predicted molar refractivity (Wildman–Crippen MR) is 71.7 cm³/mol. The standard InChI is InChI=1S/C11H10Cl2N4O3/c12-6-1-2-7(13)16-9(6)10(19)14-3-4-17-8(18)5-15-11(17)20/h1-2H,3-5H2,(H,14,19)(H,15,20). The van der Waals surface area contributed by atoms with E-state index in [0.717, 1.165) is 4.90 Å². The van der Waals surface area contributed by atoms with Gasteiger partial charge in [-0.3, -0.25) is 14.5 Å². The van der Waals surface area contributed by atoms with E-state index in [9.17, 15) is 14.4 Å². The highest BCUT2D eigenvalue weighted by atomic mass is 35.5. The zero-order valence-electron chi connectivity index (χ0n) is 10.2. The minimum Gasteiger partial charge on any atom is -0.349 e. The van der Waals surface area contributed by atoms with Crippen molar-refractivity contribution in [3.63, 3.8) is 0 Å². The summed E-state index contributed by atoms with van der Waals surface area (Å²) in [5.74, 6) is -0.854. The van der Waals surface area contributed by atoms with Gasteiger partial charge in [0.05, 0.1) is 11.6 Å². The van der Waals surface area contributed by atoms with Crippen molar-refractivity contribution < 1.29 is 14.4 Å². The Morgan fingerprint density at radius 2 is 2.15 bits per heavy atom. The Morgan fingerprint density at radius 1 is 1.40 bits per heavy atom. The fourth-order valence-corrected chi connectivity index (χ4v) is 1.96. The van der Waals surface area contributed by atoms with Gasteiger partial charge in [-0.2, -0.15) is 0 Å². The SMILES string of the molecule is O=C(NCCN1C(=O)CNC1=O)c1nc(Cl)ccc1Cl. The Bertz CT molecular complexity index is 563. The number of halogens is 2. The average molecular weight is 317 g/mol. The number of carbonyl (C=O) groups excluding carboxylic acids is 3. The van der Waals surface area contributed by atoms with Gasteiger partial charge in [0.15, 0.2) is 0 Å². The summed E-state index contributed by atoms with van der Waals surface area (Å²) in [7, 11) is 0. The number of nitrogens with zero attached hydrogens (tertiary/aromatic N) is 2. The van der Waals surface area contributed by atoms with Gasteiger partial charge in [0.25, 0.3) is 5.91 Å². The number of urea groups is 1. The Labute approximate surface area is 124 Å². The zero-order chi connectivity index (χ0) is 14.7. The van der Waals surface area contributed by atoms with E-state index < -0.39 is 11.9 Å². The Hall–Kier alpha value is -1.86. The van der Waals surface area contributed by atoms with E-state index in [1.165, 1.54) is 12.1 Å². The number of hydrogen-bond acceptors (Lipinski definition) is 4. The number of amides is 4. The van der Waals surface area contributed by atoms with Crippen molar-refractivity contribution in [2.75, 3.05) is 19.6 Å². The third-order valence-electron chi connectivity index (χ3n) is 2.59.